The first-order valence-corrected chi connectivity index (χ1v) is 6.59. The van der Waals surface area contributed by atoms with Crippen LogP contribution in [0.3, 0.4) is 0 Å². The van der Waals surface area contributed by atoms with Crippen LogP contribution in [0.15, 0.2) is 0 Å². The zero-order chi connectivity index (χ0) is 10.8. The van der Waals surface area contributed by atoms with Crippen molar-refractivity contribution in [3.05, 3.63) is 0 Å². The lowest BCUT2D eigenvalue weighted by molar-refractivity contribution is -0.262. The van der Waals surface area contributed by atoms with Crippen LogP contribution in [0.5, 0.6) is 0 Å². The van der Waals surface area contributed by atoms with Crippen LogP contribution < -0.4 is 0 Å². The third-order valence-electron chi connectivity index (χ3n) is 5.43. The molecule has 0 amide bonds. The maximum Gasteiger partial charge on any atom is 0.0661 e. The summed E-state index contributed by atoms with van der Waals surface area (Å²) in [7, 11) is 0. The third kappa shape index (κ3) is 1.32. The van der Waals surface area contributed by atoms with E-state index in [1.165, 1.54) is 25.7 Å². The molecule has 0 aromatic rings. The number of hydrogen-bond donors (Lipinski definition) is 0. The van der Waals surface area contributed by atoms with E-state index in [0.29, 0.717) is 11.5 Å². The fourth-order valence-corrected chi connectivity index (χ4v) is 4.80. The largest absolute Gasteiger partial charge is 0.371 e. The minimum absolute atomic E-state index is 0.218. The molecule has 15 heavy (non-hydrogen) atoms. The maximum atomic E-state index is 6.35. The predicted molar refractivity (Wildman–Crippen MR) is 61.7 cm³/mol. The number of ether oxygens (including phenoxy) is 1. The Morgan fingerprint density at radius 1 is 1.13 bits per heavy atom. The highest BCUT2D eigenvalue weighted by molar-refractivity contribution is 5.06. The molecule has 2 aliphatic heterocycles. The van der Waals surface area contributed by atoms with Crippen LogP contribution in [0.2, 0.25) is 0 Å². The van der Waals surface area contributed by atoms with E-state index in [2.05, 4.69) is 27.7 Å². The smallest absolute Gasteiger partial charge is 0.0661 e. The van der Waals surface area contributed by atoms with Crippen molar-refractivity contribution in [2.45, 2.75) is 65.1 Å². The Hall–Kier alpha value is -0.0400. The van der Waals surface area contributed by atoms with Gasteiger partial charge in [-0.3, -0.25) is 0 Å². The molecule has 0 aromatic heterocycles. The van der Waals surface area contributed by atoms with Gasteiger partial charge in [0.15, 0.2) is 0 Å². The summed E-state index contributed by atoms with van der Waals surface area (Å²) in [6, 6.07) is 0. The predicted octanol–water partition coefficient (Wildman–Crippen LogP) is 3.63. The van der Waals surface area contributed by atoms with Crippen molar-refractivity contribution >= 4 is 0 Å². The van der Waals surface area contributed by atoms with Crippen LogP contribution in [-0.4, -0.2) is 11.7 Å². The lowest BCUT2D eigenvalue weighted by Gasteiger charge is -2.62. The summed E-state index contributed by atoms with van der Waals surface area (Å²) in [4.78, 5) is 0. The summed E-state index contributed by atoms with van der Waals surface area (Å²) in [6.45, 7) is 9.70. The molecular weight excluding hydrogens is 184 g/mol. The molecule has 4 rings (SSSR count). The highest BCUT2D eigenvalue weighted by Crippen LogP contribution is 2.60. The molecule has 2 heterocycles. The standard InChI is InChI=1S/C14H24O/c1-9-7-13(2,3)11-8-14(4)6-5-10(11)12(9)15-14/h9-12H,5-8H2,1-4H3/t9-,10+,11-,12-,14-/m0/s1. The Morgan fingerprint density at radius 2 is 1.87 bits per heavy atom. The SMILES string of the molecule is C[C@H]1CC(C)(C)[C@H]2C[C@]3(C)CC[C@H]2[C@H]1O3. The Bertz CT molecular complexity index is 283. The van der Waals surface area contributed by atoms with Crippen molar-refractivity contribution in [1.82, 2.24) is 0 Å². The number of fused-ring (bicyclic) bond motifs is 1. The molecule has 4 bridgehead atoms. The molecule has 2 saturated carbocycles. The Balaban J connectivity index is 1.98. The van der Waals surface area contributed by atoms with E-state index in [1.807, 2.05) is 0 Å². The number of hydrogen-bond acceptors (Lipinski definition) is 1. The van der Waals surface area contributed by atoms with Gasteiger partial charge in [-0.15, -0.1) is 0 Å². The third-order valence-corrected chi connectivity index (χ3v) is 5.43. The molecular formula is C14H24O. The average molecular weight is 208 g/mol. The second-order valence-electron chi connectivity index (χ2n) is 7.22. The van der Waals surface area contributed by atoms with E-state index in [1.54, 1.807) is 0 Å². The average Bonchev–Trinajstić information content (AvgIpc) is 2.14. The van der Waals surface area contributed by atoms with E-state index in [-0.39, 0.29) is 5.60 Å². The normalized spacial score (nSPS) is 56.8. The van der Waals surface area contributed by atoms with Gasteiger partial charge in [-0.25, -0.2) is 0 Å². The van der Waals surface area contributed by atoms with Gasteiger partial charge in [0.05, 0.1) is 11.7 Å². The highest BCUT2D eigenvalue weighted by Gasteiger charge is 2.58. The van der Waals surface area contributed by atoms with Crippen molar-refractivity contribution in [3.8, 4) is 0 Å². The summed E-state index contributed by atoms with van der Waals surface area (Å²) < 4.78 is 6.35. The fraction of sp³-hybridized carbons (Fsp3) is 1.00. The summed E-state index contributed by atoms with van der Waals surface area (Å²) in [5.41, 5.74) is 0.766. The minimum atomic E-state index is 0.218. The van der Waals surface area contributed by atoms with E-state index in [9.17, 15) is 0 Å². The van der Waals surface area contributed by atoms with Crippen LogP contribution >= 0.6 is 0 Å². The molecule has 5 atom stereocenters. The van der Waals surface area contributed by atoms with Gasteiger partial charge in [-0.1, -0.05) is 20.8 Å². The molecule has 4 aliphatic rings. The Labute approximate surface area is 93.6 Å². The van der Waals surface area contributed by atoms with Crippen molar-refractivity contribution in [1.29, 1.82) is 0 Å². The van der Waals surface area contributed by atoms with Crippen LogP contribution in [-0.2, 0) is 4.74 Å². The molecule has 1 nitrogen and oxygen atoms in total. The Morgan fingerprint density at radius 3 is 2.53 bits per heavy atom. The van der Waals surface area contributed by atoms with Crippen molar-refractivity contribution in [3.63, 3.8) is 0 Å². The molecule has 0 radical (unpaired) electrons. The van der Waals surface area contributed by atoms with Gasteiger partial charge >= 0.3 is 0 Å². The molecule has 1 heteroatoms. The van der Waals surface area contributed by atoms with Gasteiger partial charge in [-0.2, -0.15) is 0 Å². The lowest BCUT2D eigenvalue weighted by Crippen LogP contribution is -2.61. The second kappa shape index (κ2) is 2.80. The zero-order valence-electron chi connectivity index (χ0n) is 10.5. The van der Waals surface area contributed by atoms with Gasteiger partial charge in [0.2, 0.25) is 0 Å². The molecule has 2 saturated heterocycles. The summed E-state index contributed by atoms with van der Waals surface area (Å²) in [6.07, 6.45) is 5.96. The van der Waals surface area contributed by atoms with Crippen LogP contribution in [0.1, 0.15) is 53.4 Å². The van der Waals surface area contributed by atoms with Gasteiger partial charge in [0, 0.05) is 0 Å². The molecule has 2 aliphatic carbocycles. The lowest BCUT2D eigenvalue weighted by atomic mass is 9.51. The fourth-order valence-electron chi connectivity index (χ4n) is 4.80. The molecule has 0 unspecified atom stereocenters. The van der Waals surface area contributed by atoms with Crippen molar-refractivity contribution in [2.24, 2.45) is 23.2 Å². The first-order valence-electron chi connectivity index (χ1n) is 6.59. The molecule has 0 aromatic carbocycles. The van der Waals surface area contributed by atoms with Gasteiger partial charge in [0.25, 0.3) is 0 Å². The van der Waals surface area contributed by atoms with E-state index in [0.717, 1.165) is 17.8 Å². The maximum absolute atomic E-state index is 6.35. The van der Waals surface area contributed by atoms with Crippen molar-refractivity contribution < 1.29 is 4.74 Å². The first kappa shape index (κ1) is 10.1. The first-order chi connectivity index (χ1) is 6.91. The van der Waals surface area contributed by atoms with Gasteiger partial charge in [-0.05, 0) is 55.8 Å². The van der Waals surface area contributed by atoms with Crippen molar-refractivity contribution in [2.75, 3.05) is 0 Å². The minimum Gasteiger partial charge on any atom is -0.371 e. The molecule has 0 N–H and O–H groups in total. The van der Waals surface area contributed by atoms with Gasteiger partial charge in [0.1, 0.15) is 0 Å². The summed E-state index contributed by atoms with van der Waals surface area (Å²) in [5.74, 6) is 2.55. The Kier molecular flexibility index (Phi) is 1.89. The van der Waals surface area contributed by atoms with E-state index >= 15 is 0 Å². The van der Waals surface area contributed by atoms with Crippen LogP contribution in [0.25, 0.3) is 0 Å². The molecule has 86 valence electrons. The molecule has 4 fully saturated rings. The highest BCUT2D eigenvalue weighted by atomic mass is 16.5. The van der Waals surface area contributed by atoms with Crippen LogP contribution in [0, 0.1) is 23.2 Å². The number of rotatable bonds is 0. The van der Waals surface area contributed by atoms with Gasteiger partial charge < -0.3 is 4.74 Å². The molecule has 0 spiro atoms. The van der Waals surface area contributed by atoms with Crippen LogP contribution in [0.4, 0.5) is 0 Å². The van der Waals surface area contributed by atoms with E-state index < -0.39 is 0 Å². The van der Waals surface area contributed by atoms with E-state index in [4.69, 9.17) is 4.74 Å². The zero-order valence-corrected chi connectivity index (χ0v) is 10.5. The summed E-state index contributed by atoms with van der Waals surface area (Å²) in [5, 5.41) is 0. The monoisotopic (exact) mass is 208 g/mol. The quantitative estimate of drug-likeness (QED) is 0.590. The topological polar surface area (TPSA) is 9.23 Å². The summed E-state index contributed by atoms with van der Waals surface area (Å²) >= 11 is 0. The second-order valence-corrected chi connectivity index (χ2v) is 7.22.